The topological polar surface area (TPSA) is 84.7 Å². The smallest absolute Gasteiger partial charge is 0.273 e. The largest absolute Gasteiger partial charge is 0.484 e. The Morgan fingerprint density at radius 2 is 1.96 bits per heavy atom. The van der Waals surface area contributed by atoms with Gasteiger partial charge in [0.25, 0.3) is 11.6 Å². The average molecular weight is 357 g/mol. The summed E-state index contributed by atoms with van der Waals surface area (Å²) in [4.78, 5) is 24.3. The van der Waals surface area contributed by atoms with Gasteiger partial charge in [0.2, 0.25) is 0 Å². The third-order valence-electron chi connectivity index (χ3n) is 3.83. The monoisotopic (exact) mass is 357 g/mol. The van der Waals surface area contributed by atoms with Gasteiger partial charge in [-0.2, -0.15) is 0 Å². The van der Waals surface area contributed by atoms with Crippen molar-refractivity contribution in [3.63, 3.8) is 0 Å². The number of nitro benzene ring substituents is 1. The van der Waals surface area contributed by atoms with Crippen LogP contribution in [-0.2, 0) is 4.79 Å². The molecule has 0 fully saturated rings. The molecule has 0 heterocycles. The highest BCUT2D eigenvalue weighted by Crippen LogP contribution is 2.18. The molecule has 1 amide bonds. The van der Waals surface area contributed by atoms with Crippen molar-refractivity contribution >= 4 is 17.3 Å². The number of non-ortho nitro benzene ring substituents is 1. The van der Waals surface area contributed by atoms with Crippen molar-refractivity contribution in [3.05, 3.63) is 64.7 Å². The van der Waals surface area contributed by atoms with Crippen LogP contribution in [0, 0.1) is 10.1 Å². The highest BCUT2D eigenvalue weighted by molar-refractivity contribution is 5.77. The number of hydrogen-bond donors (Lipinski definition) is 1. The predicted molar refractivity (Wildman–Crippen MR) is 101 cm³/mol. The number of carbonyl (C=O) groups is 1. The van der Waals surface area contributed by atoms with Crippen molar-refractivity contribution < 1.29 is 14.5 Å². The molecule has 2 rings (SSSR count). The first-order chi connectivity index (χ1) is 12.6. The number of amides is 1. The lowest BCUT2D eigenvalue weighted by atomic mass is 10.2. The van der Waals surface area contributed by atoms with E-state index < -0.39 is 4.92 Å². The maximum atomic E-state index is 11.8. The van der Waals surface area contributed by atoms with Crippen LogP contribution in [0.25, 0.3) is 0 Å². The minimum Gasteiger partial charge on any atom is -0.484 e. The van der Waals surface area contributed by atoms with Crippen molar-refractivity contribution in [1.29, 1.82) is 0 Å². The third-order valence-corrected chi connectivity index (χ3v) is 3.83. The number of rotatable bonds is 10. The number of para-hydroxylation sites is 1. The molecular formula is C19H23N3O4. The van der Waals surface area contributed by atoms with Gasteiger partial charge in [0.05, 0.1) is 11.0 Å². The van der Waals surface area contributed by atoms with Crippen molar-refractivity contribution in [2.45, 2.75) is 13.3 Å². The summed E-state index contributed by atoms with van der Waals surface area (Å²) < 4.78 is 5.30. The summed E-state index contributed by atoms with van der Waals surface area (Å²) in [5.41, 5.74) is 1.10. The van der Waals surface area contributed by atoms with Gasteiger partial charge in [-0.1, -0.05) is 24.3 Å². The lowest BCUT2D eigenvalue weighted by molar-refractivity contribution is -0.384. The molecule has 7 nitrogen and oxygen atoms in total. The van der Waals surface area contributed by atoms with Crippen LogP contribution in [0.3, 0.4) is 0 Å². The van der Waals surface area contributed by atoms with E-state index in [0.717, 1.165) is 25.2 Å². The Bertz CT molecular complexity index is 722. The summed E-state index contributed by atoms with van der Waals surface area (Å²) >= 11 is 0. The maximum absolute atomic E-state index is 11.8. The number of nitrogens with zero attached hydrogens (tertiary/aromatic N) is 2. The highest BCUT2D eigenvalue weighted by Gasteiger charge is 2.08. The molecule has 0 atom stereocenters. The first-order valence-corrected chi connectivity index (χ1v) is 8.54. The van der Waals surface area contributed by atoms with Crippen LogP contribution in [0.4, 0.5) is 11.4 Å². The van der Waals surface area contributed by atoms with E-state index in [9.17, 15) is 14.9 Å². The third kappa shape index (κ3) is 6.08. The van der Waals surface area contributed by atoms with Gasteiger partial charge in [-0.3, -0.25) is 14.9 Å². The molecule has 0 aliphatic rings. The second-order valence-electron chi connectivity index (χ2n) is 5.66. The Morgan fingerprint density at radius 1 is 1.19 bits per heavy atom. The number of ether oxygens (including phenoxy) is 1. The predicted octanol–water partition coefficient (Wildman–Crippen LogP) is 3.01. The molecule has 2 aromatic carbocycles. The molecule has 0 bridgehead atoms. The van der Waals surface area contributed by atoms with Crippen LogP contribution >= 0.6 is 0 Å². The summed E-state index contributed by atoms with van der Waals surface area (Å²) in [7, 11) is 0. The fraction of sp³-hybridized carbons (Fsp3) is 0.316. The number of benzene rings is 2. The van der Waals surface area contributed by atoms with Gasteiger partial charge in [0, 0.05) is 31.4 Å². The number of carbonyl (C=O) groups excluding carboxylic acids is 1. The molecule has 0 spiro atoms. The van der Waals surface area contributed by atoms with Crippen molar-refractivity contribution in [3.8, 4) is 5.75 Å². The van der Waals surface area contributed by atoms with E-state index in [1.54, 1.807) is 6.07 Å². The summed E-state index contributed by atoms with van der Waals surface area (Å²) in [6.07, 6.45) is 0.811. The molecular weight excluding hydrogens is 334 g/mol. The molecule has 0 radical (unpaired) electrons. The standard InChI is InChI=1S/C19H23N3O4/c1-2-21(16-8-4-3-5-9-16)13-7-12-20-19(23)15-26-18-11-6-10-17(14-18)22(24)25/h3-6,8-11,14H,2,7,12-13,15H2,1H3,(H,20,23). The first kappa shape index (κ1) is 19.2. The van der Waals surface area contributed by atoms with E-state index in [-0.39, 0.29) is 18.2 Å². The fourth-order valence-corrected chi connectivity index (χ4v) is 2.49. The van der Waals surface area contributed by atoms with Crippen molar-refractivity contribution in [2.24, 2.45) is 0 Å². The zero-order valence-electron chi connectivity index (χ0n) is 14.8. The second kappa shape index (κ2) is 10.0. The molecule has 7 heteroatoms. The van der Waals surface area contributed by atoms with Gasteiger partial charge in [0.1, 0.15) is 5.75 Å². The van der Waals surface area contributed by atoms with Crippen LogP contribution in [0.15, 0.2) is 54.6 Å². The molecule has 2 aromatic rings. The van der Waals surface area contributed by atoms with Gasteiger partial charge in [0.15, 0.2) is 6.61 Å². The normalized spacial score (nSPS) is 10.2. The van der Waals surface area contributed by atoms with Crippen LogP contribution in [0.5, 0.6) is 5.75 Å². The maximum Gasteiger partial charge on any atom is 0.273 e. The number of anilines is 1. The summed E-state index contributed by atoms with van der Waals surface area (Å²) in [5.74, 6) is 0.0508. The van der Waals surface area contributed by atoms with Crippen LogP contribution in [-0.4, -0.2) is 37.1 Å². The van der Waals surface area contributed by atoms with Crippen LogP contribution in [0.1, 0.15) is 13.3 Å². The zero-order valence-corrected chi connectivity index (χ0v) is 14.8. The summed E-state index contributed by atoms with van der Waals surface area (Å²) in [6, 6.07) is 15.9. The second-order valence-corrected chi connectivity index (χ2v) is 5.66. The van der Waals surface area contributed by atoms with E-state index >= 15 is 0 Å². The molecule has 138 valence electrons. The zero-order chi connectivity index (χ0) is 18.8. The molecule has 0 saturated heterocycles. The molecule has 0 saturated carbocycles. The average Bonchev–Trinajstić information content (AvgIpc) is 2.67. The molecule has 0 aromatic heterocycles. The number of nitro groups is 1. The molecule has 0 unspecified atom stereocenters. The van der Waals surface area contributed by atoms with E-state index in [4.69, 9.17) is 4.74 Å². The van der Waals surface area contributed by atoms with Crippen molar-refractivity contribution in [2.75, 3.05) is 31.1 Å². The Labute approximate surface area is 152 Å². The lowest BCUT2D eigenvalue weighted by Crippen LogP contribution is -2.32. The molecule has 26 heavy (non-hydrogen) atoms. The van der Waals surface area contributed by atoms with Gasteiger partial charge in [-0.25, -0.2) is 0 Å². The SMILES string of the molecule is CCN(CCCNC(=O)COc1cccc([N+](=O)[O-])c1)c1ccccc1. The fourth-order valence-electron chi connectivity index (χ4n) is 2.49. The van der Waals surface area contributed by atoms with Crippen molar-refractivity contribution in [1.82, 2.24) is 5.32 Å². The van der Waals surface area contributed by atoms with Gasteiger partial charge in [-0.05, 0) is 31.5 Å². The highest BCUT2D eigenvalue weighted by atomic mass is 16.6. The summed E-state index contributed by atoms with van der Waals surface area (Å²) in [5, 5.41) is 13.5. The first-order valence-electron chi connectivity index (χ1n) is 8.54. The minimum absolute atomic E-state index is 0.0662. The Kier molecular flexibility index (Phi) is 7.42. The van der Waals surface area contributed by atoms with Crippen LogP contribution in [0.2, 0.25) is 0 Å². The van der Waals surface area contributed by atoms with E-state index in [1.165, 1.54) is 18.2 Å². The molecule has 0 aliphatic carbocycles. The van der Waals surface area contributed by atoms with E-state index in [0.29, 0.717) is 12.3 Å². The number of hydrogen-bond acceptors (Lipinski definition) is 5. The quantitative estimate of drug-likeness (QED) is 0.401. The Balaban J connectivity index is 1.69. The molecule has 0 aliphatic heterocycles. The lowest BCUT2D eigenvalue weighted by Gasteiger charge is -2.23. The van der Waals surface area contributed by atoms with Gasteiger partial charge in [-0.15, -0.1) is 0 Å². The molecule has 1 N–H and O–H groups in total. The van der Waals surface area contributed by atoms with Gasteiger partial charge < -0.3 is 15.0 Å². The number of nitrogens with one attached hydrogen (secondary N) is 1. The van der Waals surface area contributed by atoms with Gasteiger partial charge >= 0.3 is 0 Å². The minimum atomic E-state index is -0.501. The van der Waals surface area contributed by atoms with E-state index in [1.807, 2.05) is 18.2 Å². The Hall–Kier alpha value is -3.09. The van der Waals surface area contributed by atoms with E-state index in [2.05, 4.69) is 29.3 Å². The van der Waals surface area contributed by atoms with Crippen LogP contribution < -0.4 is 15.0 Å². The summed E-state index contributed by atoms with van der Waals surface area (Å²) in [6.45, 7) is 4.21. The Morgan fingerprint density at radius 3 is 2.65 bits per heavy atom.